The number of aliphatic carboxylic acids is 1. The van der Waals surface area contributed by atoms with Crippen LogP contribution in [-0.4, -0.2) is 39.4 Å². The molecule has 6 nitrogen and oxygen atoms in total. The molecule has 26 heavy (non-hydrogen) atoms. The van der Waals surface area contributed by atoms with Crippen LogP contribution in [0.4, 0.5) is 0 Å². The minimum Gasteiger partial charge on any atom is -0.481 e. The van der Waals surface area contributed by atoms with Crippen molar-refractivity contribution in [1.29, 1.82) is 0 Å². The number of carbonyl (C=O) groups excluding carboxylic acids is 1. The van der Waals surface area contributed by atoms with Crippen LogP contribution in [0.1, 0.15) is 39.0 Å². The van der Waals surface area contributed by atoms with Crippen LogP contribution in [0.3, 0.4) is 0 Å². The molecule has 0 aliphatic heterocycles. The second-order valence-electron chi connectivity index (χ2n) is 5.89. The molecular formula is C18H24N2O4SZn. The van der Waals surface area contributed by atoms with E-state index in [0.717, 1.165) is 36.7 Å². The zero-order valence-electron chi connectivity index (χ0n) is 15.1. The minimum absolute atomic E-state index is 0. The zero-order chi connectivity index (χ0) is 18.1. The van der Waals surface area contributed by atoms with Crippen LogP contribution in [0.25, 0.3) is 11.0 Å². The molecule has 0 spiro atoms. The van der Waals surface area contributed by atoms with Gasteiger partial charge in [0.05, 0.1) is 30.0 Å². The van der Waals surface area contributed by atoms with Gasteiger partial charge in [-0.15, -0.1) is 0 Å². The number of thioether (sulfide) groups is 1. The third-order valence-electron chi connectivity index (χ3n) is 3.79. The number of fused-ring (bicyclic) bond motifs is 1. The van der Waals surface area contributed by atoms with Crippen molar-refractivity contribution in [2.75, 3.05) is 12.4 Å². The minimum atomic E-state index is -1.00. The smallest absolute Gasteiger partial charge is 0.310 e. The summed E-state index contributed by atoms with van der Waals surface area (Å²) in [6.45, 7) is 2.47. The predicted molar refractivity (Wildman–Crippen MR) is 97.7 cm³/mol. The first kappa shape index (κ1) is 22.6. The molecule has 0 amide bonds. The Morgan fingerprint density at radius 1 is 1.27 bits per heavy atom. The Kier molecular flexibility index (Phi) is 10.5. The van der Waals surface area contributed by atoms with Gasteiger partial charge in [0, 0.05) is 25.2 Å². The fourth-order valence-corrected chi connectivity index (χ4v) is 3.38. The number of aromatic amines is 1. The second-order valence-corrected chi connectivity index (χ2v) is 6.90. The van der Waals surface area contributed by atoms with Gasteiger partial charge in [-0.2, -0.15) is 0 Å². The molecule has 0 radical (unpaired) electrons. The molecule has 0 saturated carbocycles. The van der Waals surface area contributed by atoms with Crippen molar-refractivity contribution in [3.63, 3.8) is 0 Å². The van der Waals surface area contributed by atoms with Crippen molar-refractivity contribution in [3.8, 4) is 0 Å². The molecule has 0 fully saturated rings. The van der Waals surface area contributed by atoms with E-state index in [1.807, 2.05) is 24.3 Å². The first-order chi connectivity index (χ1) is 12.1. The number of H-pyrrole nitrogens is 1. The molecule has 2 N–H and O–H groups in total. The summed E-state index contributed by atoms with van der Waals surface area (Å²) < 4.78 is 5.25. The number of carboxylic acids is 1. The summed E-state index contributed by atoms with van der Waals surface area (Å²) in [6, 6.07) is 7.64. The Morgan fingerprint density at radius 3 is 2.73 bits per heavy atom. The van der Waals surface area contributed by atoms with Crippen LogP contribution >= 0.6 is 11.8 Å². The van der Waals surface area contributed by atoms with Gasteiger partial charge in [-0.1, -0.05) is 50.1 Å². The van der Waals surface area contributed by atoms with E-state index >= 15 is 0 Å². The van der Waals surface area contributed by atoms with Crippen LogP contribution in [0.15, 0.2) is 29.4 Å². The van der Waals surface area contributed by atoms with Gasteiger partial charge in [0.2, 0.25) is 0 Å². The van der Waals surface area contributed by atoms with Crippen molar-refractivity contribution in [3.05, 3.63) is 24.3 Å². The number of esters is 1. The molecule has 0 saturated heterocycles. The fraction of sp³-hybridized carbons (Fsp3) is 0.500. The Morgan fingerprint density at radius 2 is 2.04 bits per heavy atom. The molecule has 0 bridgehead atoms. The SMILES string of the molecule is CCCCCCOC(=O)C(CSc1nc2ccccc2[nH]1)CC(=O)O.[Zn]. The van der Waals surface area contributed by atoms with Gasteiger partial charge in [-0.3, -0.25) is 9.59 Å². The second kappa shape index (κ2) is 12.1. The summed E-state index contributed by atoms with van der Waals surface area (Å²) in [7, 11) is 0. The van der Waals surface area contributed by atoms with Crippen molar-refractivity contribution >= 4 is 34.7 Å². The van der Waals surface area contributed by atoms with E-state index in [-0.39, 0.29) is 25.9 Å². The van der Waals surface area contributed by atoms with Crippen molar-refractivity contribution in [2.24, 2.45) is 5.92 Å². The maximum atomic E-state index is 12.2. The average Bonchev–Trinajstić information content (AvgIpc) is 3.00. The van der Waals surface area contributed by atoms with Crippen LogP contribution in [0.5, 0.6) is 0 Å². The molecule has 0 aliphatic carbocycles. The Balaban J connectivity index is 0.00000338. The molecular weight excluding hydrogens is 406 g/mol. The summed E-state index contributed by atoms with van der Waals surface area (Å²) in [5.74, 6) is -1.80. The Labute approximate surface area is 170 Å². The summed E-state index contributed by atoms with van der Waals surface area (Å²) in [4.78, 5) is 30.8. The molecule has 8 heteroatoms. The standard InChI is InChI=1S/C18H24N2O4S.Zn/c1-2-3-4-7-10-24-17(23)13(11-16(21)22)12-25-18-19-14-8-5-6-9-15(14)20-18;/h5-6,8-9,13H,2-4,7,10-12H2,1H3,(H,19,20)(H,21,22);. The van der Waals surface area contributed by atoms with Crippen molar-refractivity contribution in [2.45, 2.75) is 44.2 Å². The van der Waals surface area contributed by atoms with E-state index in [0.29, 0.717) is 17.5 Å². The number of nitrogens with zero attached hydrogens (tertiary/aromatic N) is 1. The molecule has 1 unspecified atom stereocenters. The maximum Gasteiger partial charge on any atom is 0.310 e. The number of aromatic nitrogens is 2. The van der Waals surface area contributed by atoms with E-state index in [9.17, 15) is 9.59 Å². The number of nitrogens with one attached hydrogen (secondary N) is 1. The van der Waals surface area contributed by atoms with Crippen LogP contribution in [0, 0.1) is 5.92 Å². The maximum absolute atomic E-state index is 12.2. The average molecular weight is 430 g/mol. The molecule has 1 atom stereocenters. The number of benzene rings is 1. The van der Waals surface area contributed by atoms with Gasteiger partial charge >= 0.3 is 11.9 Å². The van der Waals surface area contributed by atoms with Crippen molar-refractivity contribution in [1.82, 2.24) is 9.97 Å². The third kappa shape index (κ3) is 7.46. The number of hydrogen-bond donors (Lipinski definition) is 2. The summed E-state index contributed by atoms with van der Waals surface area (Å²) in [6.07, 6.45) is 3.82. The first-order valence-corrected chi connectivity index (χ1v) is 9.54. The quantitative estimate of drug-likeness (QED) is 0.244. The van der Waals surface area contributed by atoms with Gasteiger partial charge in [0.15, 0.2) is 5.16 Å². The normalized spacial score (nSPS) is 11.7. The summed E-state index contributed by atoms with van der Waals surface area (Å²) in [5, 5.41) is 9.72. The predicted octanol–water partition coefficient (Wildman–Crippen LogP) is 3.87. The third-order valence-corrected chi connectivity index (χ3v) is 4.82. The Hall–Kier alpha value is -1.40. The van der Waals surface area contributed by atoms with E-state index in [1.165, 1.54) is 11.8 Å². The number of para-hydroxylation sites is 2. The number of hydrogen-bond acceptors (Lipinski definition) is 5. The topological polar surface area (TPSA) is 92.3 Å². The summed E-state index contributed by atoms with van der Waals surface area (Å²) in [5.41, 5.74) is 1.76. The van der Waals surface area contributed by atoms with E-state index in [1.54, 1.807) is 0 Å². The van der Waals surface area contributed by atoms with Gasteiger partial charge in [0.1, 0.15) is 0 Å². The molecule has 1 aromatic carbocycles. The van der Waals surface area contributed by atoms with E-state index in [2.05, 4.69) is 16.9 Å². The summed E-state index contributed by atoms with van der Waals surface area (Å²) >= 11 is 1.34. The Bertz CT molecular complexity index is 674. The monoisotopic (exact) mass is 428 g/mol. The largest absolute Gasteiger partial charge is 0.481 e. The number of ether oxygens (including phenoxy) is 1. The van der Waals surface area contributed by atoms with Crippen LogP contribution in [-0.2, 0) is 33.8 Å². The number of carbonyl (C=O) groups is 2. The van der Waals surface area contributed by atoms with Crippen LogP contribution in [0.2, 0.25) is 0 Å². The first-order valence-electron chi connectivity index (χ1n) is 8.56. The molecule has 138 valence electrons. The van der Waals surface area contributed by atoms with Gasteiger partial charge in [-0.25, -0.2) is 4.98 Å². The molecule has 1 heterocycles. The zero-order valence-corrected chi connectivity index (χ0v) is 18.9. The van der Waals surface area contributed by atoms with Gasteiger partial charge in [-0.05, 0) is 18.6 Å². The molecule has 0 aliphatic rings. The number of unbranched alkanes of at least 4 members (excludes halogenated alkanes) is 3. The van der Waals surface area contributed by atoms with Gasteiger partial charge in [0.25, 0.3) is 0 Å². The number of carboxylic acid groups (broad SMARTS) is 1. The van der Waals surface area contributed by atoms with Gasteiger partial charge < -0.3 is 14.8 Å². The van der Waals surface area contributed by atoms with E-state index in [4.69, 9.17) is 9.84 Å². The number of imidazole rings is 1. The van der Waals surface area contributed by atoms with E-state index < -0.39 is 17.9 Å². The number of rotatable bonds is 11. The van der Waals surface area contributed by atoms with Crippen LogP contribution < -0.4 is 0 Å². The fourth-order valence-electron chi connectivity index (χ4n) is 2.42. The van der Waals surface area contributed by atoms with Crippen molar-refractivity contribution < 1.29 is 38.9 Å². The molecule has 1 aromatic heterocycles. The molecule has 2 rings (SSSR count). The molecule has 2 aromatic rings.